The highest BCUT2D eigenvalue weighted by Gasteiger charge is 2.14. The first-order valence-corrected chi connectivity index (χ1v) is 6.18. The lowest BCUT2D eigenvalue weighted by Crippen LogP contribution is -2.31. The van der Waals surface area contributed by atoms with Gasteiger partial charge < -0.3 is 5.32 Å². The van der Waals surface area contributed by atoms with Crippen molar-refractivity contribution in [2.24, 2.45) is 11.3 Å². The van der Waals surface area contributed by atoms with Crippen molar-refractivity contribution in [1.29, 1.82) is 0 Å². The molecule has 0 aliphatic rings. The molecule has 0 saturated carbocycles. The normalized spacial score (nSPS) is 11.9. The van der Waals surface area contributed by atoms with Gasteiger partial charge in [-0.1, -0.05) is 34.6 Å². The number of carbonyl (C=O) groups excluding carboxylic acids is 1. The predicted molar refractivity (Wildman–Crippen MR) is 65.8 cm³/mol. The zero-order valence-electron chi connectivity index (χ0n) is 11.0. The van der Waals surface area contributed by atoms with E-state index in [4.69, 9.17) is 0 Å². The first kappa shape index (κ1) is 14.5. The quantitative estimate of drug-likeness (QED) is 0.673. The predicted octanol–water partition coefficient (Wildman–Crippen LogP) is 3.37. The zero-order valence-corrected chi connectivity index (χ0v) is 11.0. The summed E-state index contributed by atoms with van der Waals surface area (Å²) < 4.78 is 0. The number of nitrogens with one attached hydrogen (secondary N) is 1. The number of hydrogen-bond donors (Lipinski definition) is 1. The maximum absolute atomic E-state index is 11.6. The molecule has 0 aliphatic carbocycles. The Balaban J connectivity index is 3.63. The van der Waals surface area contributed by atoms with Gasteiger partial charge in [-0.05, 0) is 31.1 Å². The molecule has 0 atom stereocenters. The average molecular weight is 213 g/mol. The number of rotatable bonds is 6. The molecule has 0 spiro atoms. The van der Waals surface area contributed by atoms with Crippen molar-refractivity contribution in [2.45, 2.75) is 60.3 Å². The highest BCUT2D eigenvalue weighted by Crippen LogP contribution is 2.19. The van der Waals surface area contributed by atoms with Gasteiger partial charge in [-0.3, -0.25) is 4.79 Å². The van der Waals surface area contributed by atoms with Crippen molar-refractivity contribution in [3.05, 3.63) is 0 Å². The molecular weight excluding hydrogens is 186 g/mol. The Morgan fingerprint density at radius 2 is 1.73 bits per heavy atom. The standard InChI is InChI=1S/C13H27NO/c1-6-11(7-2)12(15)14-10-8-9-13(3,4)5/h11H,6-10H2,1-5H3,(H,14,15). The molecule has 90 valence electrons. The average Bonchev–Trinajstić information content (AvgIpc) is 2.13. The molecule has 1 N–H and O–H groups in total. The van der Waals surface area contributed by atoms with Gasteiger partial charge in [-0.2, -0.15) is 0 Å². The first-order valence-electron chi connectivity index (χ1n) is 6.18. The Morgan fingerprint density at radius 3 is 2.13 bits per heavy atom. The van der Waals surface area contributed by atoms with Gasteiger partial charge in [0.05, 0.1) is 0 Å². The second-order valence-electron chi connectivity index (χ2n) is 5.47. The summed E-state index contributed by atoms with van der Waals surface area (Å²) >= 11 is 0. The summed E-state index contributed by atoms with van der Waals surface area (Å²) in [5.41, 5.74) is 0.375. The van der Waals surface area contributed by atoms with Crippen LogP contribution in [-0.2, 0) is 4.79 Å². The fourth-order valence-corrected chi connectivity index (χ4v) is 1.63. The lowest BCUT2D eigenvalue weighted by atomic mass is 9.90. The van der Waals surface area contributed by atoms with E-state index >= 15 is 0 Å². The van der Waals surface area contributed by atoms with Crippen LogP contribution in [0.25, 0.3) is 0 Å². The van der Waals surface area contributed by atoms with Gasteiger partial charge in [0.2, 0.25) is 5.91 Å². The SMILES string of the molecule is CCC(CC)C(=O)NCCCC(C)(C)C. The highest BCUT2D eigenvalue weighted by atomic mass is 16.1. The van der Waals surface area contributed by atoms with Crippen molar-refractivity contribution in [1.82, 2.24) is 5.32 Å². The fourth-order valence-electron chi connectivity index (χ4n) is 1.63. The molecule has 0 aromatic rings. The molecule has 0 aromatic carbocycles. The zero-order chi connectivity index (χ0) is 11.9. The van der Waals surface area contributed by atoms with Crippen molar-refractivity contribution >= 4 is 5.91 Å². The Bertz CT molecular complexity index is 177. The van der Waals surface area contributed by atoms with Crippen LogP contribution in [0.5, 0.6) is 0 Å². The van der Waals surface area contributed by atoms with Gasteiger partial charge in [0.15, 0.2) is 0 Å². The van der Waals surface area contributed by atoms with E-state index in [1.807, 2.05) is 0 Å². The number of carbonyl (C=O) groups is 1. The molecule has 0 radical (unpaired) electrons. The Kier molecular flexibility index (Phi) is 6.62. The molecule has 0 fully saturated rings. The molecule has 0 rings (SSSR count). The van der Waals surface area contributed by atoms with Gasteiger partial charge in [0, 0.05) is 12.5 Å². The van der Waals surface area contributed by atoms with Crippen LogP contribution < -0.4 is 5.32 Å². The van der Waals surface area contributed by atoms with Crippen LogP contribution >= 0.6 is 0 Å². The molecule has 2 heteroatoms. The van der Waals surface area contributed by atoms with Crippen LogP contribution in [0.4, 0.5) is 0 Å². The molecule has 1 amide bonds. The second-order valence-corrected chi connectivity index (χ2v) is 5.47. The molecule has 15 heavy (non-hydrogen) atoms. The lowest BCUT2D eigenvalue weighted by Gasteiger charge is -2.18. The Morgan fingerprint density at radius 1 is 1.20 bits per heavy atom. The maximum atomic E-state index is 11.6. The van der Waals surface area contributed by atoms with Crippen molar-refractivity contribution in [3.63, 3.8) is 0 Å². The van der Waals surface area contributed by atoms with Crippen LogP contribution in [-0.4, -0.2) is 12.5 Å². The van der Waals surface area contributed by atoms with Crippen LogP contribution in [0.15, 0.2) is 0 Å². The van der Waals surface area contributed by atoms with Crippen molar-refractivity contribution < 1.29 is 4.79 Å². The van der Waals surface area contributed by atoms with Crippen molar-refractivity contribution in [3.8, 4) is 0 Å². The Labute approximate surface area is 94.8 Å². The highest BCUT2D eigenvalue weighted by molar-refractivity contribution is 5.78. The van der Waals surface area contributed by atoms with E-state index in [1.54, 1.807) is 0 Å². The molecule has 0 saturated heterocycles. The summed E-state index contributed by atoms with van der Waals surface area (Å²) in [6, 6.07) is 0. The summed E-state index contributed by atoms with van der Waals surface area (Å²) in [6.45, 7) is 11.7. The monoisotopic (exact) mass is 213 g/mol. The summed E-state index contributed by atoms with van der Waals surface area (Å²) in [4.78, 5) is 11.6. The summed E-state index contributed by atoms with van der Waals surface area (Å²) in [7, 11) is 0. The molecular formula is C13H27NO. The van der Waals surface area contributed by atoms with Crippen LogP contribution in [0.2, 0.25) is 0 Å². The Hall–Kier alpha value is -0.530. The minimum Gasteiger partial charge on any atom is -0.356 e. The van der Waals surface area contributed by atoms with E-state index in [9.17, 15) is 4.79 Å². The second kappa shape index (κ2) is 6.86. The van der Waals surface area contributed by atoms with Crippen LogP contribution in [0, 0.1) is 11.3 Å². The van der Waals surface area contributed by atoms with E-state index in [0.717, 1.165) is 32.2 Å². The molecule has 2 nitrogen and oxygen atoms in total. The van der Waals surface area contributed by atoms with E-state index < -0.39 is 0 Å². The summed E-state index contributed by atoms with van der Waals surface area (Å²) in [5.74, 6) is 0.438. The van der Waals surface area contributed by atoms with Crippen LogP contribution in [0.1, 0.15) is 60.3 Å². The number of amides is 1. The number of hydrogen-bond acceptors (Lipinski definition) is 1. The molecule has 0 aliphatic heterocycles. The van der Waals surface area contributed by atoms with E-state index in [2.05, 4.69) is 39.9 Å². The van der Waals surface area contributed by atoms with Gasteiger partial charge >= 0.3 is 0 Å². The van der Waals surface area contributed by atoms with E-state index in [-0.39, 0.29) is 11.8 Å². The van der Waals surface area contributed by atoms with Crippen molar-refractivity contribution in [2.75, 3.05) is 6.54 Å². The summed E-state index contributed by atoms with van der Waals surface area (Å²) in [5, 5.41) is 3.02. The minimum atomic E-state index is 0.208. The third-order valence-electron chi connectivity index (χ3n) is 2.76. The van der Waals surface area contributed by atoms with Gasteiger partial charge in [-0.15, -0.1) is 0 Å². The molecule has 0 heterocycles. The first-order chi connectivity index (χ1) is 6.90. The minimum absolute atomic E-state index is 0.208. The third kappa shape index (κ3) is 7.40. The maximum Gasteiger partial charge on any atom is 0.223 e. The third-order valence-corrected chi connectivity index (χ3v) is 2.76. The topological polar surface area (TPSA) is 29.1 Å². The fraction of sp³-hybridized carbons (Fsp3) is 0.923. The van der Waals surface area contributed by atoms with E-state index in [0.29, 0.717) is 5.41 Å². The largest absolute Gasteiger partial charge is 0.356 e. The van der Waals surface area contributed by atoms with Gasteiger partial charge in [-0.25, -0.2) is 0 Å². The van der Waals surface area contributed by atoms with Crippen LogP contribution in [0.3, 0.4) is 0 Å². The molecule has 0 unspecified atom stereocenters. The molecule has 0 bridgehead atoms. The van der Waals surface area contributed by atoms with Gasteiger partial charge in [0.25, 0.3) is 0 Å². The van der Waals surface area contributed by atoms with E-state index in [1.165, 1.54) is 0 Å². The molecule has 0 aromatic heterocycles. The summed E-state index contributed by atoms with van der Waals surface area (Å²) in [6.07, 6.45) is 4.13. The smallest absolute Gasteiger partial charge is 0.223 e. The lowest BCUT2D eigenvalue weighted by molar-refractivity contribution is -0.125. The van der Waals surface area contributed by atoms with Gasteiger partial charge in [0.1, 0.15) is 0 Å².